The van der Waals surface area contributed by atoms with Crippen LogP contribution in [-0.4, -0.2) is 17.4 Å². The number of anilines is 1. The van der Waals surface area contributed by atoms with Gasteiger partial charge in [0.25, 0.3) is 5.91 Å². The molecule has 1 aliphatic rings. The first kappa shape index (κ1) is 14.4. The molecule has 0 bridgehead atoms. The fourth-order valence-corrected chi connectivity index (χ4v) is 3.50. The highest BCUT2D eigenvalue weighted by molar-refractivity contribution is 9.10. The molecule has 4 heteroatoms. The third-order valence-electron chi connectivity index (χ3n) is 4.24. The minimum atomic E-state index is -0.00396. The van der Waals surface area contributed by atoms with Crippen LogP contribution < -0.4 is 4.90 Å². The summed E-state index contributed by atoms with van der Waals surface area (Å²) in [6.07, 6.45) is 0.850. The SMILES string of the molecule is Cc1ccc2cc3c(nc2c1)N(C(=O)c1ccccc1Br)CC3. The van der Waals surface area contributed by atoms with E-state index < -0.39 is 0 Å². The first-order valence-corrected chi connectivity index (χ1v) is 8.39. The maximum Gasteiger partial charge on any atom is 0.260 e. The van der Waals surface area contributed by atoms with Crippen molar-refractivity contribution in [1.82, 2.24) is 4.98 Å². The smallest absolute Gasteiger partial charge is 0.260 e. The quantitative estimate of drug-likeness (QED) is 0.634. The highest BCUT2D eigenvalue weighted by atomic mass is 79.9. The van der Waals surface area contributed by atoms with E-state index in [2.05, 4.69) is 47.1 Å². The van der Waals surface area contributed by atoms with Gasteiger partial charge in [-0.05, 0) is 64.7 Å². The van der Waals surface area contributed by atoms with Crippen molar-refractivity contribution in [3.05, 3.63) is 69.7 Å². The van der Waals surface area contributed by atoms with Gasteiger partial charge in [0.15, 0.2) is 0 Å². The van der Waals surface area contributed by atoms with E-state index in [9.17, 15) is 4.79 Å². The van der Waals surface area contributed by atoms with Crippen molar-refractivity contribution in [2.45, 2.75) is 13.3 Å². The number of hydrogen-bond donors (Lipinski definition) is 0. The van der Waals surface area contributed by atoms with Crippen LogP contribution in [0.2, 0.25) is 0 Å². The van der Waals surface area contributed by atoms with Crippen LogP contribution in [0.5, 0.6) is 0 Å². The van der Waals surface area contributed by atoms with Gasteiger partial charge in [0.05, 0.1) is 11.1 Å². The number of carbonyl (C=O) groups excluding carboxylic acids is 1. The summed E-state index contributed by atoms with van der Waals surface area (Å²) < 4.78 is 0.815. The molecule has 2 heterocycles. The summed E-state index contributed by atoms with van der Waals surface area (Å²) in [5, 5.41) is 1.13. The zero-order valence-electron chi connectivity index (χ0n) is 12.7. The second-order valence-corrected chi connectivity index (χ2v) is 6.71. The van der Waals surface area contributed by atoms with Crippen LogP contribution in [0, 0.1) is 6.92 Å². The maximum absolute atomic E-state index is 12.9. The molecule has 3 aromatic rings. The summed E-state index contributed by atoms with van der Waals surface area (Å²) in [5.41, 5.74) is 3.93. The van der Waals surface area contributed by atoms with E-state index in [1.807, 2.05) is 24.3 Å². The minimum absolute atomic E-state index is 0.00396. The van der Waals surface area contributed by atoms with Crippen LogP contribution in [0.25, 0.3) is 10.9 Å². The number of carbonyl (C=O) groups is 1. The number of aryl methyl sites for hydroxylation is 1. The number of hydrogen-bond acceptors (Lipinski definition) is 2. The topological polar surface area (TPSA) is 33.2 Å². The lowest BCUT2D eigenvalue weighted by atomic mass is 10.1. The molecule has 0 saturated carbocycles. The number of amides is 1. The van der Waals surface area contributed by atoms with Crippen molar-refractivity contribution in [3.8, 4) is 0 Å². The van der Waals surface area contributed by atoms with Gasteiger partial charge in [-0.15, -0.1) is 0 Å². The molecule has 2 aromatic carbocycles. The van der Waals surface area contributed by atoms with Gasteiger partial charge in [0.2, 0.25) is 0 Å². The molecule has 0 N–H and O–H groups in total. The fraction of sp³-hybridized carbons (Fsp3) is 0.158. The Bertz CT molecular complexity index is 936. The van der Waals surface area contributed by atoms with Crippen molar-refractivity contribution in [3.63, 3.8) is 0 Å². The molecule has 23 heavy (non-hydrogen) atoms. The Labute approximate surface area is 143 Å². The summed E-state index contributed by atoms with van der Waals surface area (Å²) in [7, 11) is 0. The van der Waals surface area contributed by atoms with E-state index >= 15 is 0 Å². The number of nitrogens with zero attached hydrogens (tertiary/aromatic N) is 2. The number of aromatic nitrogens is 1. The van der Waals surface area contributed by atoms with Crippen LogP contribution >= 0.6 is 15.9 Å². The highest BCUT2D eigenvalue weighted by Crippen LogP contribution is 2.31. The van der Waals surface area contributed by atoms with Crippen molar-refractivity contribution in [2.75, 3.05) is 11.4 Å². The van der Waals surface area contributed by atoms with Gasteiger partial charge in [-0.2, -0.15) is 0 Å². The van der Waals surface area contributed by atoms with Crippen LogP contribution in [0.1, 0.15) is 21.5 Å². The standard InChI is InChI=1S/C19H15BrN2O/c1-12-6-7-13-11-14-8-9-22(18(14)21-17(13)10-12)19(23)15-4-2-3-5-16(15)20/h2-7,10-11H,8-9H2,1H3. The van der Waals surface area contributed by atoms with E-state index in [1.54, 1.807) is 4.90 Å². The van der Waals surface area contributed by atoms with E-state index in [0.29, 0.717) is 12.1 Å². The second kappa shape index (κ2) is 5.46. The summed E-state index contributed by atoms with van der Waals surface area (Å²) in [6.45, 7) is 2.73. The molecule has 1 amide bonds. The molecule has 1 aromatic heterocycles. The molecule has 0 radical (unpaired) electrons. The van der Waals surface area contributed by atoms with Gasteiger partial charge in [-0.1, -0.05) is 24.3 Å². The first-order valence-electron chi connectivity index (χ1n) is 7.60. The molecule has 0 atom stereocenters. The van der Waals surface area contributed by atoms with Crippen LogP contribution in [0.15, 0.2) is 53.0 Å². The molecule has 3 nitrogen and oxygen atoms in total. The van der Waals surface area contributed by atoms with Crippen molar-refractivity contribution >= 4 is 38.6 Å². The van der Waals surface area contributed by atoms with Crippen molar-refractivity contribution in [2.24, 2.45) is 0 Å². The lowest BCUT2D eigenvalue weighted by molar-refractivity contribution is 0.0988. The Morgan fingerprint density at radius 1 is 1.17 bits per heavy atom. The molecule has 0 fully saturated rings. The molecular formula is C19H15BrN2O. The number of benzene rings is 2. The summed E-state index contributed by atoms with van der Waals surface area (Å²) in [5.74, 6) is 0.791. The molecule has 1 aliphatic heterocycles. The zero-order valence-corrected chi connectivity index (χ0v) is 14.3. The van der Waals surface area contributed by atoms with E-state index in [4.69, 9.17) is 4.98 Å². The monoisotopic (exact) mass is 366 g/mol. The molecule has 0 aliphatic carbocycles. The largest absolute Gasteiger partial charge is 0.292 e. The third-order valence-corrected chi connectivity index (χ3v) is 4.93. The van der Waals surface area contributed by atoms with Gasteiger partial charge in [-0.3, -0.25) is 9.69 Å². The minimum Gasteiger partial charge on any atom is -0.292 e. The number of fused-ring (bicyclic) bond motifs is 2. The predicted molar refractivity (Wildman–Crippen MR) is 96.0 cm³/mol. The molecule has 0 spiro atoms. The van der Waals surface area contributed by atoms with E-state index in [1.165, 1.54) is 5.56 Å². The Morgan fingerprint density at radius 2 is 2.00 bits per heavy atom. The summed E-state index contributed by atoms with van der Waals surface area (Å²) in [4.78, 5) is 19.4. The Morgan fingerprint density at radius 3 is 2.83 bits per heavy atom. The zero-order chi connectivity index (χ0) is 16.0. The molecule has 114 valence electrons. The van der Waals surface area contributed by atoms with Crippen LogP contribution in [0.3, 0.4) is 0 Å². The van der Waals surface area contributed by atoms with Gasteiger partial charge >= 0.3 is 0 Å². The van der Waals surface area contributed by atoms with E-state index in [-0.39, 0.29) is 5.91 Å². The van der Waals surface area contributed by atoms with Crippen molar-refractivity contribution in [1.29, 1.82) is 0 Å². The van der Waals surface area contributed by atoms with Gasteiger partial charge in [0.1, 0.15) is 5.82 Å². The summed E-state index contributed by atoms with van der Waals surface area (Å²) in [6, 6.07) is 15.9. The number of halogens is 1. The Kier molecular flexibility index (Phi) is 3.42. The lowest BCUT2D eigenvalue weighted by Gasteiger charge is -2.17. The maximum atomic E-state index is 12.9. The number of rotatable bonds is 1. The Hall–Kier alpha value is -2.20. The van der Waals surface area contributed by atoms with Crippen molar-refractivity contribution < 1.29 is 4.79 Å². The average Bonchev–Trinajstić information content (AvgIpc) is 2.95. The van der Waals surface area contributed by atoms with Gasteiger partial charge < -0.3 is 0 Å². The predicted octanol–water partition coefficient (Wildman–Crippen LogP) is 4.51. The fourth-order valence-electron chi connectivity index (χ4n) is 3.04. The van der Waals surface area contributed by atoms with Crippen LogP contribution in [0.4, 0.5) is 5.82 Å². The average molecular weight is 367 g/mol. The third kappa shape index (κ3) is 2.43. The van der Waals surface area contributed by atoms with Gasteiger partial charge in [-0.25, -0.2) is 4.98 Å². The Balaban J connectivity index is 1.80. The molecule has 0 unspecified atom stereocenters. The summed E-state index contributed by atoms with van der Waals surface area (Å²) >= 11 is 3.47. The molecule has 4 rings (SSSR count). The lowest BCUT2D eigenvalue weighted by Crippen LogP contribution is -2.29. The van der Waals surface area contributed by atoms with Crippen LogP contribution in [-0.2, 0) is 6.42 Å². The number of pyridine rings is 1. The highest BCUT2D eigenvalue weighted by Gasteiger charge is 2.28. The molecular weight excluding hydrogens is 352 g/mol. The van der Waals surface area contributed by atoms with E-state index in [0.717, 1.165) is 33.2 Å². The second-order valence-electron chi connectivity index (χ2n) is 5.85. The first-order chi connectivity index (χ1) is 11.1. The molecule has 0 saturated heterocycles. The normalized spacial score (nSPS) is 13.4. The van der Waals surface area contributed by atoms with Gasteiger partial charge in [0, 0.05) is 16.4 Å².